The van der Waals surface area contributed by atoms with E-state index in [2.05, 4.69) is 10.7 Å². The SMILES string of the molecule is NN=C(CCCC(=O)CCCO)C(=O)CCCCCCCCCC#P=O. The summed E-state index contributed by atoms with van der Waals surface area (Å²) in [5.41, 5.74) is 3.13. The van der Waals surface area contributed by atoms with Crippen LogP contribution >= 0.6 is 7.92 Å². The summed E-state index contributed by atoms with van der Waals surface area (Å²) >= 11 is 0. The van der Waals surface area contributed by atoms with Crippen LogP contribution in [0.1, 0.15) is 89.9 Å². The molecule has 148 valence electrons. The van der Waals surface area contributed by atoms with E-state index in [0.29, 0.717) is 44.2 Å². The van der Waals surface area contributed by atoms with Crippen molar-refractivity contribution in [1.82, 2.24) is 0 Å². The van der Waals surface area contributed by atoms with Crippen LogP contribution in [0.25, 0.3) is 0 Å². The van der Waals surface area contributed by atoms with E-state index in [1.165, 1.54) is 0 Å². The molecule has 0 bridgehead atoms. The number of hydrogen-bond acceptors (Lipinski definition) is 6. The number of aliphatic hydroxyl groups is 1. The van der Waals surface area contributed by atoms with Crippen LogP contribution in [0, 0.1) is 5.63 Å². The molecule has 0 saturated carbocycles. The second-order valence-corrected chi connectivity index (χ2v) is 6.94. The molecular weight excluding hydrogens is 351 g/mol. The van der Waals surface area contributed by atoms with Gasteiger partial charge < -0.3 is 10.9 Å². The quantitative estimate of drug-likeness (QED) is 0.129. The van der Waals surface area contributed by atoms with Crippen LogP contribution in [-0.4, -0.2) is 29.0 Å². The Labute approximate surface area is 158 Å². The van der Waals surface area contributed by atoms with E-state index in [1.807, 2.05) is 0 Å². The zero-order valence-corrected chi connectivity index (χ0v) is 16.6. The average Bonchev–Trinajstić information content (AvgIpc) is 2.64. The van der Waals surface area contributed by atoms with E-state index >= 15 is 0 Å². The molecule has 0 aliphatic heterocycles. The van der Waals surface area contributed by atoms with Crippen molar-refractivity contribution >= 4 is 25.2 Å². The van der Waals surface area contributed by atoms with E-state index in [1.54, 1.807) is 0 Å². The molecule has 0 aliphatic carbocycles. The van der Waals surface area contributed by atoms with Crippen LogP contribution in [0.3, 0.4) is 0 Å². The monoisotopic (exact) mass is 384 g/mol. The Morgan fingerprint density at radius 2 is 1.46 bits per heavy atom. The van der Waals surface area contributed by atoms with Crippen molar-refractivity contribution in [2.24, 2.45) is 10.9 Å². The number of ketones is 2. The van der Waals surface area contributed by atoms with Crippen molar-refractivity contribution in [2.75, 3.05) is 6.61 Å². The first-order valence-corrected chi connectivity index (χ1v) is 10.4. The number of carbonyl (C=O) groups excluding carboxylic acids is 2. The summed E-state index contributed by atoms with van der Waals surface area (Å²) in [6.45, 7) is 0.0259. The summed E-state index contributed by atoms with van der Waals surface area (Å²) in [4.78, 5) is 23.6. The second kappa shape index (κ2) is 18.6. The molecule has 6 nitrogen and oxygen atoms in total. The van der Waals surface area contributed by atoms with Gasteiger partial charge in [0.1, 0.15) is 5.78 Å². The van der Waals surface area contributed by atoms with Crippen molar-refractivity contribution in [2.45, 2.75) is 89.9 Å². The molecule has 0 aliphatic rings. The van der Waals surface area contributed by atoms with E-state index in [0.717, 1.165) is 51.4 Å². The van der Waals surface area contributed by atoms with Crippen molar-refractivity contribution in [3.8, 4) is 5.63 Å². The summed E-state index contributed by atoms with van der Waals surface area (Å²) in [6, 6.07) is 0. The van der Waals surface area contributed by atoms with E-state index in [-0.39, 0.29) is 26.1 Å². The molecule has 0 radical (unpaired) electrons. The maximum atomic E-state index is 12.1. The van der Waals surface area contributed by atoms with Crippen molar-refractivity contribution in [3.05, 3.63) is 0 Å². The summed E-state index contributed by atoms with van der Waals surface area (Å²) in [5, 5.41) is 12.3. The van der Waals surface area contributed by atoms with Gasteiger partial charge in [0.2, 0.25) is 0 Å². The summed E-state index contributed by atoms with van der Waals surface area (Å²) in [7, 11) is 0.00123. The minimum absolute atomic E-state index is 0.00123. The molecule has 0 atom stereocenters. The Balaban J connectivity index is 3.70. The number of nitrogens with two attached hydrogens (primary N) is 1. The molecule has 0 amide bonds. The zero-order valence-electron chi connectivity index (χ0n) is 15.8. The number of hydrazone groups is 1. The summed E-state index contributed by atoms with van der Waals surface area (Å²) in [5.74, 6) is 5.40. The van der Waals surface area contributed by atoms with Crippen molar-refractivity contribution < 1.29 is 19.3 Å². The van der Waals surface area contributed by atoms with E-state index in [9.17, 15) is 14.2 Å². The van der Waals surface area contributed by atoms with Gasteiger partial charge in [0.25, 0.3) is 0 Å². The van der Waals surface area contributed by atoms with Crippen molar-refractivity contribution in [1.29, 1.82) is 0 Å². The van der Waals surface area contributed by atoms with Gasteiger partial charge in [-0.2, -0.15) is 5.10 Å². The molecule has 0 heterocycles. The first-order chi connectivity index (χ1) is 12.7. The van der Waals surface area contributed by atoms with Gasteiger partial charge in [-0.05, 0) is 19.3 Å². The molecule has 0 fully saturated rings. The standard InChI is InChI=1S/C19H33N2O4P/c20-21-18(13-9-11-17(23)12-10-15-22)19(24)14-7-5-3-1-2-4-6-8-16-26-25/h22H,1-15,20H2. The molecule has 7 heteroatoms. The van der Waals surface area contributed by atoms with Crippen LogP contribution in [0.2, 0.25) is 0 Å². The zero-order chi connectivity index (χ0) is 19.5. The van der Waals surface area contributed by atoms with Gasteiger partial charge in [0.05, 0.1) is 0 Å². The van der Waals surface area contributed by atoms with Gasteiger partial charge in [-0.25, -0.2) is 0 Å². The van der Waals surface area contributed by atoms with Gasteiger partial charge in [-0.3, -0.25) is 4.79 Å². The van der Waals surface area contributed by atoms with Crippen LogP contribution < -0.4 is 5.84 Å². The molecule has 0 aromatic carbocycles. The number of hydrogen-bond donors (Lipinski definition) is 2. The third-order valence-electron chi connectivity index (χ3n) is 4.22. The molecular formula is C19H33N2O4P. The van der Waals surface area contributed by atoms with Gasteiger partial charge in [-0.1, -0.05) is 0 Å². The van der Waals surface area contributed by atoms with Gasteiger partial charge >= 0.3 is 92.2 Å². The molecule has 3 N–H and O–H groups in total. The second-order valence-electron chi connectivity index (χ2n) is 6.44. The molecule has 0 aromatic heterocycles. The first-order valence-electron chi connectivity index (χ1n) is 9.63. The van der Waals surface area contributed by atoms with Crippen LogP contribution in [-0.2, 0) is 14.2 Å². The molecule has 0 saturated heterocycles. The molecule has 0 aromatic rings. The molecule has 0 unspecified atom stereocenters. The van der Waals surface area contributed by atoms with Gasteiger partial charge in [0, 0.05) is 19.4 Å². The Hall–Kier alpha value is -1.22. The van der Waals surface area contributed by atoms with Crippen LogP contribution in [0.4, 0.5) is 0 Å². The molecule has 0 rings (SSSR count). The van der Waals surface area contributed by atoms with Gasteiger partial charge in [0.15, 0.2) is 0 Å². The third kappa shape index (κ3) is 15.1. The summed E-state index contributed by atoms with van der Waals surface area (Å²) in [6.07, 6.45) is 11.0. The van der Waals surface area contributed by atoms with Crippen LogP contribution in [0.5, 0.6) is 0 Å². The normalized spacial score (nSPS) is 11.2. The Kier molecular flexibility index (Phi) is 17.7. The Bertz CT molecular complexity index is 529. The topological polar surface area (TPSA) is 110 Å². The fraction of sp³-hybridized carbons (Fsp3) is 0.789. The summed E-state index contributed by atoms with van der Waals surface area (Å²) < 4.78 is 10.2. The predicted molar refractivity (Wildman–Crippen MR) is 105 cm³/mol. The van der Waals surface area contributed by atoms with E-state index in [4.69, 9.17) is 10.9 Å². The number of Topliss-reactive ketones (excluding diaryl/α,β-unsaturated/α-hetero) is 2. The number of nitrogens with zero attached hydrogens (tertiary/aromatic N) is 1. The molecule has 26 heavy (non-hydrogen) atoms. The first kappa shape index (κ1) is 24.8. The predicted octanol–water partition coefficient (Wildman–Crippen LogP) is 4.14. The Morgan fingerprint density at radius 3 is 2.08 bits per heavy atom. The maximum absolute atomic E-state index is 12.1. The number of aliphatic hydroxyl groups excluding tert-OH is 1. The Morgan fingerprint density at radius 1 is 0.846 bits per heavy atom. The van der Waals surface area contributed by atoms with Gasteiger partial charge in [-0.15, -0.1) is 0 Å². The number of rotatable bonds is 17. The fourth-order valence-corrected chi connectivity index (χ4v) is 2.94. The fourth-order valence-electron chi connectivity index (χ4n) is 2.69. The minimum atomic E-state index is -0.0156. The average molecular weight is 384 g/mol. The van der Waals surface area contributed by atoms with Crippen LogP contribution in [0.15, 0.2) is 5.10 Å². The number of unbranched alkanes of at least 4 members (excludes halogenated alkanes) is 7. The van der Waals surface area contributed by atoms with E-state index < -0.39 is 0 Å². The third-order valence-corrected chi connectivity index (χ3v) is 4.57. The van der Waals surface area contributed by atoms with Crippen molar-refractivity contribution in [3.63, 3.8) is 0 Å². The number of carbonyl (C=O) groups is 2. The molecule has 0 spiro atoms.